The van der Waals surface area contributed by atoms with Gasteiger partial charge in [-0.15, -0.1) is 9.05 Å². The molecule has 1 aliphatic rings. The highest BCUT2D eigenvalue weighted by atomic mass is 31.2. The smallest absolute Gasteiger partial charge is 0.361 e. The number of carbonyl (C=O) groups is 2. The van der Waals surface area contributed by atoms with Gasteiger partial charge in [-0.3, -0.25) is 14.1 Å². The minimum atomic E-state index is -3.76. The van der Waals surface area contributed by atoms with Crippen LogP contribution in [0.2, 0.25) is 0 Å². The summed E-state index contributed by atoms with van der Waals surface area (Å²) in [5, 5.41) is 6.52. The molecule has 1 aromatic heterocycles. The summed E-state index contributed by atoms with van der Waals surface area (Å²) in [5.41, 5.74) is 3.61. The minimum absolute atomic E-state index is 0.121. The van der Waals surface area contributed by atoms with Gasteiger partial charge in [0.25, 0.3) is 0 Å². The maximum Gasteiger partial charge on any atom is 0.619 e. The number of fused-ring (bicyclic) bond motifs is 1. The largest absolute Gasteiger partial charge is 0.619 e. The molecule has 1 fully saturated rings. The molecule has 0 spiro atoms. The van der Waals surface area contributed by atoms with E-state index in [1.165, 1.54) is 0 Å². The Morgan fingerprint density at radius 1 is 0.975 bits per heavy atom. The number of amides is 2. The number of hydrogen-bond donors (Lipinski definition) is 4. The number of nitrogens with one attached hydrogen (secondary N) is 3. The number of benzene rings is 3. The Kier molecular flexibility index (Phi) is 9.08. The quantitative estimate of drug-likeness (QED) is 0.145. The summed E-state index contributed by atoms with van der Waals surface area (Å²) in [5.74, 6) is -0.696. The molecule has 2 heterocycles. The highest BCUT2D eigenvalue weighted by Gasteiger charge is 2.47. The van der Waals surface area contributed by atoms with Crippen LogP contribution in [0.25, 0.3) is 10.9 Å². The van der Waals surface area contributed by atoms with Gasteiger partial charge in [0, 0.05) is 30.2 Å². The predicted molar refractivity (Wildman–Crippen MR) is 153 cm³/mol. The number of piperidine rings is 1. The van der Waals surface area contributed by atoms with E-state index in [2.05, 4.69) is 15.6 Å². The van der Waals surface area contributed by atoms with E-state index >= 15 is 0 Å². The van der Waals surface area contributed by atoms with Crippen LogP contribution in [0.15, 0.2) is 85.1 Å². The summed E-state index contributed by atoms with van der Waals surface area (Å²) in [6, 6.07) is 24.4. The highest BCUT2D eigenvalue weighted by Crippen LogP contribution is 2.59. The lowest BCUT2D eigenvalue weighted by molar-refractivity contribution is -0.136. The molecule has 10 heteroatoms. The first-order chi connectivity index (χ1) is 19.5. The molecule has 3 aromatic carbocycles. The molecule has 0 radical (unpaired) electrons. The van der Waals surface area contributed by atoms with Crippen molar-refractivity contribution in [3.05, 3.63) is 102 Å². The van der Waals surface area contributed by atoms with Gasteiger partial charge in [-0.25, -0.2) is 0 Å². The average Bonchev–Trinajstić information content (AvgIpc) is 3.38. The molecule has 1 saturated heterocycles. The zero-order valence-electron chi connectivity index (χ0n) is 22.0. The van der Waals surface area contributed by atoms with Crippen molar-refractivity contribution < 1.29 is 28.1 Å². The molecule has 1 atom stereocenters. The summed E-state index contributed by atoms with van der Waals surface area (Å²) < 4.78 is 17.7. The van der Waals surface area contributed by atoms with Gasteiger partial charge >= 0.3 is 8.17 Å². The molecule has 208 valence electrons. The van der Waals surface area contributed by atoms with Crippen LogP contribution in [0.3, 0.4) is 0 Å². The summed E-state index contributed by atoms with van der Waals surface area (Å²) in [7, 11) is -3.76. The summed E-state index contributed by atoms with van der Waals surface area (Å²) in [6.07, 6.45) is 3.80. The Balaban J connectivity index is 1.27. The van der Waals surface area contributed by atoms with Crippen molar-refractivity contribution in [1.29, 1.82) is 0 Å². The first-order valence-corrected chi connectivity index (χ1v) is 14.8. The van der Waals surface area contributed by atoms with Crippen LogP contribution < -0.4 is 15.2 Å². The monoisotopic (exact) mass is 562 g/mol. The van der Waals surface area contributed by atoms with Crippen LogP contribution in [0.1, 0.15) is 29.5 Å². The fourth-order valence-corrected chi connectivity index (χ4v) is 5.76. The molecule has 5 rings (SSSR count). The van der Waals surface area contributed by atoms with Gasteiger partial charge in [0.15, 0.2) is 5.75 Å². The van der Waals surface area contributed by atoms with Crippen LogP contribution in [-0.2, 0) is 38.3 Å². The van der Waals surface area contributed by atoms with E-state index in [9.17, 15) is 14.5 Å². The standard InChI is InChI=1S/C30H32N3O6P/c34-29-26(12-7-16-31-29)30(35)32-17-15-24-19-33-28-14-13-25(18-27(24)28)39-40(36,37-20-22-8-3-1-4-9-22)38-21-23-10-5-2-6-11-23/h1-6,8-11,13-14,18-19,26,33,36H,7,12,15-17,20-21H2,(H-,31,32,34,35)/p+1. The Hall–Kier alpha value is -3.75. The third-order valence-electron chi connectivity index (χ3n) is 6.73. The van der Waals surface area contributed by atoms with Gasteiger partial charge < -0.3 is 15.6 Å². The highest BCUT2D eigenvalue weighted by molar-refractivity contribution is 7.55. The number of aromatic nitrogens is 1. The van der Waals surface area contributed by atoms with Gasteiger partial charge in [-0.2, -0.15) is 4.89 Å². The maximum absolute atomic E-state index is 12.5. The molecule has 1 aliphatic heterocycles. The second kappa shape index (κ2) is 13.1. The van der Waals surface area contributed by atoms with Crippen molar-refractivity contribution in [3.8, 4) is 5.75 Å². The molecule has 0 aliphatic carbocycles. The van der Waals surface area contributed by atoms with Crippen LogP contribution in [-0.4, -0.2) is 34.8 Å². The lowest BCUT2D eigenvalue weighted by atomic mass is 9.98. The molecule has 1 unspecified atom stereocenters. The first-order valence-electron chi connectivity index (χ1n) is 13.3. The molecule has 40 heavy (non-hydrogen) atoms. The maximum atomic E-state index is 12.5. The van der Waals surface area contributed by atoms with Crippen LogP contribution >= 0.6 is 8.17 Å². The summed E-state index contributed by atoms with van der Waals surface area (Å²) in [4.78, 5) is 39.1. The van der Waals surface area contributed by atoms with Crippen LogP contribution in [0, 0.1) is 5.92 Å². The normalized spacial score (nSPS) is 15.5. The van der Waals surface area contributed by atoms with Gasteiger partial charge in [-0.1, -0.05) is 60.7 Å². The fraction of sp³-hybridized carbons (Fsp3) is 0.267. The number of hydrogen-bond acceptors (Lipinski definition) is 6. The Morgan fingerprint density at radius 3 is 2.30 bits per heavy atom. The second-order valence-corrected chi connectivity index (χ2v) is 11.3. The van der Waals surface area contributed by atoms with E-state index in [4.69, 9.17) is 13.6 Å². The molecular weight excluding hydrogens is 529 g/mol. The fourth-order valence-electron chi connectivity index (χ4n) is 4.57. The molecule has 0 bridgehead atoms. The van der Waals surface area contributed by atoms with Crippen molar-refractivity contribution in [2.75, 3.05) is 13.1 Å². The van der Waals surface area contributed by atoms with E-state index in [1.54, 1.807) is 6.07 Å². The van der Waals surface area contributed by atoms with Crippen molar-refractivity contribution in [1.82, 2.24) is 15.6 Å². The lowest BCUT2D eigenvalue weighted by Crippen LogP contribution is -2.45. The van der Waals surface area contributed by atoms with E-state index in [-0.39, 0.29) is 25.0 Å². The zero-order valence-corrected chi connectivity index (χ0v) is 22.9. The van der Waals surface area contributed by atoms with Gasteiger partial charge in [0.05, 0.1) is 0 Å². The molecule has 9 nitrogen and oxygen atoms in total. The molecule has 0 saturated carbocycles. The molecule has 4 N–H and O–H groups in total. The lowest BCUT2D eigenvalue weighted by Gasteiger charge is -2.20. The van der Waals surface area contributed by atoms with Crippen molar-refractivity contribution in [2.24, 2.45) is 5.92 Å². The molecule has 4 aromatic rings. The van der Waals surface area contributed by atoms with E-state index in [1.807, 2.05) is 79.0 Å². The predicted octanol–water partition coefficient (Wildman–Crippen LogP) is 4.84. The van der Waals surface area contributed by atoms with Crippen LogP contribution in [0.5, 0.6) is 5.75 Å². The number of carbonyl (C=O) groups excluding carboxylic acids is 2. The Bertz CT molecular complexity index is 1390. The van der Waals surface area contributed by atoms with Crippen molar-refractivity contribution >= 4 is 30.9 Å². The number of H-pyrrole nitrogens is 1. The minimum Gasteiger partial charge on any atom is -0.361 e. The van der Waals surface area contributed by atoms with E-state index in [0.29, 0.717) is 31.7 Å². The SMILES string of the molecule is O=C1NCCCC1C(=O)NCCc1c[nH]c2ccc(O[P+](O)(OCc3ccccc3)OCc3ccccc3)cc12. The first kappa shape index (κ1) is 27.8. The summed E-state index contributed by atoms with van der Waals surface area (Å²) >= 11 is 0. The van der Waals surface area contributed by atoms with Crippen molar-refractivity contribution in [3.63, 3.8) is 0 Å². The number of aromatic amines is 1. The van der Waals surface area contributed by atoms with E-state index < -0.39 is 14.1 Å². The summed E-state index contributed by atoms with van der Waals surface area (Å²) in [6.45, 7) is 1.25. The average molecular weight is 563 g/mol. The topological polar surface area (TPSA) is 122 Å². The van der Waals surface area contributed by atoms with Crippen LogP contribution in [0.4, 0.5) is 0 Å². The van der Waals surface area contributed by atoms with Gasteiger partial charge in [0.2, 0.25) is 11.8 Å². The van der Waals surface area contributed by atoms with Crippen molar-refractivity contribution in [2.45, 2.75) is 32.5 Å². The van der Waals surface area contributed by atoms with E-state index in [0.717, 1.165) is 34.0 Å². The van der Waals surface area contributed by atoms with Gasteiger partial charge in [0.1, 0.15) is 19.1 Å². The Morgan fingerprint density at radius 2 is 1.65 bits per heavy atom. The Labute approximate surface area is 233 Å². The number of rotatable bonds is 12. The third kappa shape index (κ3) is 7.25. The van der Waals surface area contributed by atoms with Gasteiger partial charge in [-0.05, 0) is 54.2 Å². The second-order valence-electron chi connectivity index (χ2n) is 9.63. The molecular formula is C30H33N3O6P+. The zero-order chi connectivity index (χ0) is 27.8. The molecule has 2 amide bonds. The third-order valence-corrected chi connectivity index (χ3v) is 8.08.